The summed E-state index contributed by atoms with van der Waals surface area (Å²) in [6, 6.07) is 33.0. The van der Waals surface area contributed by atoms with Gasteiger partial charge >= 0.3 is 0 Å². The van der Waals surface area contributed by atoms with Crippen molar-refractivity contribution < 1.29 is 13.9 Å². The van der Waals surface area contributed by atoms with Crippen LogP contribution in [0.15, 0.2) is 108 Å². The van der Waals surface area contributed by atoms with E-state index in [1.54, 1.807) is 26.0 Å². The van der Waals surface area contributed by atoms with Gasteiger partial charge in [-0.05, 0) is 67.4 Å². The van der Waals surface area contributed by atoms with Gasteiger partial charge in [0, 0.05) is 11.3 Å². The highest BCUT2D eigenvalue weighted by molar-refractivity contribution is 5.98. The summed E-state index contributed by atoms with van der Waals surface area (Å²) in [5.41, 5.74) is 4.07. The number of carbonyl (C=O) groups excluding carboxylic acids is 1. The average Bonchev–Trinajstić information content (AvgIpc) is 3.28. The zero-order valence-corrected chi connectivity index (χ0v) is 19.0. The lowest BCUT2D eigenvalue weighted by Crippen LogP contribution is -2.42. The Morgan fingerprint density at radius 3 is 2.12 bits per heavy atom. The molecule has 0 fully saturated rings. The molecule has 0 unspecified atom stereocenters. The lowest BCUT2D eigenvalue weighted by molar-refractivity contribution is -0.128. The van der Waals surface area contributed by atoms with Gasteiger partial charge in [-0.15, -0.1) is 0 Å². The van der Waals surface area contributed by atoms with Gasteiger partial charge in [-0.2, -0.15) is 0 Å². The number of rotatable bonds is 6. The van der Waals surface area contributed by atoms with Crippen molar-refractivity contribution in [1.29, 1.82) is 0 Å². The van der Waals surface area contributed by atoms with Gasteiger partial charge in [-0.25, -0.2) is 4.98 Å². The van der Waals surface area contributed by atoms with Gasteiger partial charge in [0.05, 0.1) is 0 Å². The zero-order valence-electron chi connectivity index (χ0n) is 19.0. The fraction of sp³-hybridized carbons (Fsp3) is 0.103. The van der Waals surface area contributed by atoms with Crippen LogP contribution in [-0.2, 0) is 4.79 Å². The molecule has 4 aromatic carbocycles. The molecule has 0 saturated heterocycles. The number of benzene rings is 4. The lowest BCUT2D eigenvalue weighted by Gasteiger charge is -2.25. The van der Waals surface area contributed by atoms with E-state index < -0.39 is 5.60 Å². The molecule has 34 heavy (non-hydrogen) atoms. The number of carbonyl (C=O) groups is 1. The summed E-state index contributed by atoms with van der Waals surface area (Å²) in [7, 11) is 0. The van der Waals surface area contributed by atoms with Crippen LogP contribution in [0.25, 0.3) is 33.7 Å². The molecule has 0 aliphatic carbocycles. The van der Waals surface area contributed by atoms with Crippen molar-refractivity contribution in [2.24, 2.45) is 0 Å². The number of aromatic nitrogens is 1. The molecule has 0 aliphatic heterocycles. The van der Waals surface area contributed by atoms with Gasteiger partial charge in [0.1, 0.15) is 11.3 Å². The Morgan fingerprint density at radius 1 is 0.794 bits per heavy atom. The highest BCUT2D eigenvalue weighted by atomic mass is 16.5. The van der Waals surface area contributed by atoms with Gasteiger partial charge in [-0.3, -0.25) is 4.79 Å². The van der Waals surface area contributed by atoms with Crippen molar-refractivity contribution in [2.75, 3.05) is 5.32 Å². The van der Waals surface area contributed by atoms with Crippen molar-refractivity contribution >= 4 is 22.7 Å². The highest BCUT2D eigenvalue weighted by Crippen LogP contribution is 2.29. The molecule has 0 saturated carbocycles. The van der Waals surface area contributed by atoms with Crippen LogP contribution in [0.1, 0.15) is 13.8 Å². The van der Waals surface area contributed by atoms with E-state index in [0.29, 0.717) is 28.4 Å². The third kappa shape index (κ3) is 4.55. The maximum Gasteiger partial charge on any atom is 0.267 e. The fourth-order valence-corrected chi connectivity index (χ4v) is 3.68. The summed E-state index contributed by atoms with van der Waals surface area (Å²) in [5, 5.41) is 2.92. The molecule has 5 heteroatoms. The standard InChI is InChI=1S/C29H24N2O3/c1-29(2,34-24-11-7-4-8-12-24)28(32)30-23-17-18-26-25(19-23)31-27(33-26)22-15-13-21(14-16-22)20-9-5-3-6-10-20/h3-19H,1-2H3,(H,30,32). The monoisotopic (exact) mass is 448 g/mol. The molecule has 5 aromatic rings. The minimum Gasteiger partial charge on any atom is -0.478 e. The molecule has 0 spiro atoms. The number of oxazole rings is 1. The fourth-order valence-electron chi connectivity index (χ4n) is 3.68. The number of anilines is 1. The molecule has 0 atom stereocenters. The third-order valence-corrected chi connectivity index (χ3v) is 5.55. The quantitative estimate of drug-likeness (QED) is 0.305. The van der Waals surface area contributed by atoms with E-state index in [4.69, 9.17) is 9.15 Å². The third-order valence-electron chi connectivity index (χ3n) is 5.55. The summed E-state index contributed by atoms with van der Waals surface area (Å²) in [5.74, 6) is 0.916. The van der Waals surface area contributed by atoms with E-state index in [1.165, 1.54) is 0 Å². The van der Waals surface area contributed by atoms with Gasteiger partial charge < -0.3 is 14.5 Å². The van der Waals surface area contributed by atoms with Gasteiger partial charge in [0.15, 0.2) is 11.2 Å². The highest BCUT2D eigenvalue weighted by Gasteiger charge is 2.30. The van der Waals surface area contributed by atoms with Crippen LogP contribution in [0.3, 0.4) is 0 Å². The van der Waals surface area contributed by atoms with Crippen LogP contribution in [-0.4, -0.2) is 16.5 Å². The van der Waals surface area contributed by atoms with Crippen molar-refractivity contribution in [3.05, 3.63) is 103 Å². The first-order chi connectivity index (χ1) is 16.5. The Morgan fingerprint density at radius 2 is 1.41 bits per heavy atom. The molecule has 5 nitrogen and oxygen atoms in total. The van der Waals surface area contributed by atoms with E-state index in [-0.39, 0.29) is 5.91 Å². The topological polar surface area (TPSA) is 64.4 Å². The van der Waals surface area contributed by atoms with Crippen molar-refractivity contribution in [2.45, 2.75) is 19.4 Å². The Balaban J connectivity index is 1.33. The van der Waals surface area contributed by atoms with E-state index in [9.17, 15) is 4.79 Å². The second kappa shape index (κ2) is 8.87. The number of hydrogen-bond acceptors (Lipinski definition) is 4. The molecular formula is C29H24N2O3. The predicted molar refractivity (Wildman–Crippen MR) is 135 cm³/mol. The summed E-state index contributed by atoms with van der Waals surface area (Å²) in [4.78, 5) is 17.5. The Bertz CT molecular complexity index is 1420. The van der Waals surface area contributed by atoms with E-state index in [1.807, 2.05) is 66.7 Å². The zero-order chi connectivity index (χ0) is 23.5. The molecule has 5 rings (SSSR count). The number of nitrogens with one attached hydrogen (secondary N) is 1. The molecule has 1 amide bonds. The molecule has 168 valence electrons. The van der Waals surface area contributed by atoms with E-state index in [2.05, 4.69) is 34.6 Å². The number of ether oxygens (including phenoxy) is 1. The maximum absolute atomic E-state index is 12.9. The predicted octanol–water partition coefficient (Wildman–Crippen LogP) is 6.96. The summed E-state index contributed by atoms with van der Waals surface area (Å²) in [6.45, 7) is 3.47. The van der Waals surface area contributed by atoms with Crippen LogP contribution in [0.4, 0.5) is 5.69 Å². The summed E-state index contributed by atoms with van der Waals surface area (Å²) < 4.78 is 11.8. The van der Waals surface area contributed by atoms with E-state index >= 15 is 0 Å². The minimum atomic E-state index is -1.05. The first-order valence-electron chi connectivity index (χ1n) is 11.1. The van der Waals surface area contributed by atoms with Crippen LogP contribution in [0, 0.1) is 0 Å². The molecule has 0 aliphatic rings. The lowest BCUT2D eigenvalue weighted by atomic mass is 10.0. The van der Waals surface area contributed by atoms with Crippen molar-refractivity contribution in [3.63, 3.8) is 0 Å². The van der Waals surface area contributed by atoms with Gasteiger partial charge in [0.25, 0.3) is 5.91 Å². The molecule has 1 N–H and O–H groups in total. The van der Waals surface area contributed by atoms with Crippen LogP contribution in [0.5, 0.6) is 5.75 Å². The number of para-hydroxylation sites is 1. The van der Waals surface area contributed by atoms with Crippen LogP contribution in [0.2, 0.25) is 0 Å². The SMILES string of the molecule is CC(C)(Oc1ccccc1)C(=O)Nc1ccc2oc(-c3ccc(-c4ccccc4)cc3)nc2c1. The number of fused-ring (bicyclic) bond motifs is 1. The van der Waals surface area contributed by atoms with Crippen LogP contribution >= 0.6 is 0 Å². The maximum atomic E-state index is 12.9. The first-order valence-corrected chi connectivity index (χ1v) is 11.1. The normalized spacial score (nSPS) is 11.4. The molecule has 1 aromatic heterocycles. The molecule has 0 radical (unpaired) electrons. The number of nitrogens with zero attached hydrogens (tertiary/aromatic N) is 1. The average molecular weight is 449 g/mol. The second-order valence-corrected chi connectivity index (χ2v) is 8.52. The second-order valence-electron chi connectivity index (χ2n) is 8.52. The van der Waals surface area contributed by atoms with Gasteiger partial charge in [0.2, 0.25) is 5.89 Å². The Hall–Kier alpha value is -4.38. The van der Waals surface area contributed by atoms with Crippen molar-refractivity contribution in [3.8, 4) is 28.3 Å². The largest absolute Gasteiger partial charge is 0.478 e. The summed E-state index contributed by atoms with van der Waals surface area (Å²) in [6.07, 6.45) is 0. The number of amides is 1. The first kappa shape index (κ1) is 21.5. The Labute approximate surface area is 198 Å². The smallest absolute Gasteiger partial charge is 0.267 e. The molecule has 0 bridgehead atoms. The van der Waals surface area contributed by atoms with Crippen molar-refractivity contribution in [1.82, 2.24) is 4.98 Å². The molecular weight excluding hydrogens is 424 g/mol. The number of hydrogen-bond donors (Lipinski definition) is 1. The van der Waals surface area contributed by atoms with Crippen LogP contribution < -0.4 is 10.1 Å². The van der Waals surface area contributed by atoms with Gasteiger partial charge in [-0.1, -0.05) is 60.7 Å². The minimum absolute atomic E-state index is 0.254. The molecule has 1 heterocycles. The Kier molecular flexibility index (Phi) is 5.60. The summed E-state index contributed by atoms with van der Waals surface area (Å²) >= 11 is 0. The van der Waals surface area contributed by atoms with E-state index in [0.717, 1.165) is 16.7 Å².